The van der Waals surface area contributed by atoms with E-state index in [-0.39, 0.29) is 12.1 Å². The number of benzene rings is 1. The van der Waals surface area contributed by atoms with Crippen molar-refractivity contribution in [2.24, 2.45) is 0 Å². The Balaban J connectivity index is 2.36. The molecule has 1 aromatic rings. The minimum absolute atomic E-state index is 0.129. The summed E-state index contributed by atoms with van der Waals surface area (Å²) in [5.74, 6) is -0.531. The van der Waals surface area contributed by atoms with E-state index in [4.69, 9.17) is 24.5 Å². The summed E-state index contributed by atoms with van der Waals surface area (Å²) in [6, 6.07) is 5.02. The fraction of sp³-hybridized carbons (Fsp3) is 0.545. The Hall–Kier alpha value is -2.52. The van der Waals surface area contributed by atoms with Gasteiger partial charge in [0.15, 0.2) is 0 Å². The molecule has 1 amide bonds. The Kier molecular flexibility index (Phi) is 7.12. The van der Waals surface area contributed by atoms with Gasteiger partial charge in [-0.15, -0.1) is 0 Å². The number of rotatable bonds is 5. The summed E-state index contributed by atoms with van der Waals surface area (Å²) in [4.78, 5) is 24.2. The number of hydrogen-bond donors (Lipinski definition) is 2. The van der Waals surface area contributed by atoms with Crippen LogP contribution in [0.5, 0.6) is 0 Å². The molecule has 1 saturated heterocycles. The van der Waals surface area contributed by atoms with E-state index in [1.165, 1.54) is 7.11 Å². The van der Waals surface area contributed by atoms with Crippen LogP contribution in [0.4, 0.5) is 10.5 Å². The first-order valence-corrected chi connectivity index (χ1v) is 10.2. The van der Waals surface area contributed by atoms with Gasteiger partial charge in [-0.2, -0.15) is 0 Å². The van der Waals surface area contributed by atoms with E-state index in [0.717, 1.165) is 0 Å². The van der Waals surface area contributed by atoms with Gasteiger partial charge in [0.25, 0.3) is 0 Å². The predicted octanol–water partition coefficient (Wildman–Crippen LogP) is 3.59. The maximum Gasteiger partial charge on any atom is 0.492 e. The predicted molar refractivity (Wildman–Crippen MR) is 120 cm³/mol. The van der Waals surface area contributed by atoms with E-state index >= 15 is 0 Å². The summed E-state index contributed by atoms with van der Waals surface area (Å²) in [6.45, 7) is 13.3. The molecule has 0 saturated carbocycles. The van der Waals surface area contributed by atoms with Crippen LogP contribution in [-0.4, -0.2) is 49.6 Å². The molecule has 9 heteroatoms. The first-order valence-electron chi connectivity index (χ1n) is 10.2. The molecule has 1 aromatic carbocycles. The topological polar surface area (TPSA) is 109 Å². The second-order valence-electron chi connectivity index (χ2n) is 9.50. The number of nitrogen functional groups attached to an aromatic ring is 1. The average Bonchev–Trinajstić information content (AvgIpc) is 2.85. The molecule has 3 N–H and O–H groups in total. The summed E-state index contributed by atoms with van der Waals surface area (Å²) >= 11 is 0. The summed E-state index contributed by atoms with van der Waals surface area (Å²) in [7, 11) is 0.601. The highest BCUT2D eigenvalue weighted by Gasteiger charge is 2.52. The maximum atomic E-state index is 12.2. The lowest BCUT2D eigenvalue weighted by Gasteiger charge is -2.32. The van der Waals surface area contributed by atoms with Crippen molar-refractivity contribution in [3.05, 3.63) is 34.8 Å². The molecule has 8 nitrogen and oxygen atoms in total. The van der Waals surface area contributed by atoms with Crippen LogP contribution >= 0.6 is 0 Å². The number of amides is 1. The van der Waals surface area contributed by atoms with Crippen LogP contribution < -0.4 is 11.1 Å². The quantitative estimate of drug-likeness (QED) is 0.416. The molecule has 31 heavy (non-hydrogen) atoms. The number of nitrogens with one attached hydrogen (secondary N) is 1. The first kappa shape index (κ1) is 24.8. The van der Waals surface area contributed by atoms with Gasteiger partial charge < -0.3 is 29.8 Å². The molecule has 170 valence electrons. The monoisotopic (exact) mass is 432 g/mol. The van der Waals surface area contributed by atoms with Crippen LogP contribution in [0.2, 0.25) is 0 Å². The van der Waals surface area contributed by atoms with Crippen molar-refractivity contribution in [3.8, 4) is 0 Å². The van der Waals surface area contributed by atoms with Gasteiger partial charge in [0.1, 0.15) is 5.60 Å². The molecule has 0 aliphatic carbocycles. The second-order valence-corrected chi connectivity index (χ2v) is 9.50. The van der Waals surface area contributed by atoms with Gasteiger partial charge >= 0.3 is 19.2 Å². The molecule has 0 spiro atoms. The number of hydrogen-bond acceptors (Lipinski definition) is 7. The van der Waals surface area contributed by atoms with E-state index in [1.54, 1.807) is 45.0 Å². The molecule has 2 rings (SSSR count). The second kappa shape index (κ2) is 8.92. The number of nitrogens with two attached hydrogens (primary N) is 1. The molecular weight excluding hydrogens is 399 g/mol. The van der Waals surface area contributed by atoms with Crippen LogP contribution in [0.1, 0.15) is 64.4 Å². The SMILES string of the molecule is COC(=O)c1cc(C=C(CNC(=O)OC(C)(C)C)B2OC(C)(C)C(C)(C)O2)ccc1N. The highest BCUT2D eigenvalue weighted by molar-refractivity contribution is 6.56. The average molecular weight is 432 g/mol. The third-order valence-electron chi connectivity index (χ3n) is 5.23. The largest absolute Gasteiger partial charge is 0.492 e. The molecular formula is C22H33BN2O6. The minimum atomic E-state index is -0.695. The third kappa shape index (κ3) is 6.24. The van der Waals surface area contributed by atoms with E-state index < -0.39 is 36.0 Å². The normalized spacial score (nSPS) is 17.9. The van der Waals surface area contributed by atoms with Crippen molar-refractivity contribution in [3.63, 3.8) is 0 Å². The lowest BCUT2D eigenvalue weighted by molar-refractivity contribution is 0.00578. The molecule has 0 aromatic heterocycles. The number of ether oxygens (including phenoxy) is 2. The molecule has 0 atom stereocenters. The molecule has 0 radical (unpaired) electrons. The number of carbonyl (C=O) groups is 2. The molecule has 1 aliphatic heterocycles. The maximum absolute atomic E-state index is 12.2. The fourth-order valence-corrected chi connectivity index (χ4v) is 2.85. The zero-order chi connectivity index (χ0) is 23.6. The summed E-state index contributed by atoms with van der Waals surface area (Å²) in [6.07, 6.45) is 1.24. The van der Waals surface area contributed by atoms with Crippen molar-refractivity contribution in [1.29, 1.82) is 0 Å². The first-order chi connectivity index (χ1) is 14.1. The Labute approximate surface area is 184 Å². The summed E-state index contributed by atoms with van der Waals surface area (Å²) < 4.78 is 22.4. The van der Waals surface area contributed by atoms with E-state index in [0.29, 0.717) is 16.7 Å². The standard InChI is InChI=1S/C22H33BN2O6/c1-20(2,3)29-19(27)25-13-15(23-30-21(4,5)22(6,7)31-23)11-14-9-10-17(24)16(12-14)18(26)28-8/h9-12H,13,24H2,1-8H3,(H,25,27). The lowest BCUT2D eigenvalue weighted by Crippen LogP contribution is -2.41. The van der Waals surface area contributed by atoms with Gasteiger partial charge in [-0.25, -0.2) is 9.59 Å². The van der Waals surface area contributed by atoms with Gasteiger partial charge in [0.2, 0.25) is 0 Å². The molecule has 0 bridgehead atoms. The van der Waals surface area contributed by atoms with Crippen LogP contribution in [0.3, 0.4) is 0 Å². The van der Waals surface area contributed by atoms with E-state index in [2.05, 4.69) is 5.32 Å². The number of alkyl carbamates (subject to hydrolysis) is 1. The Morgan fingerprint density at radius 3 is 2.26 bits per heavy atom. The summed E-state index contributed by atoms with van der Waals surface area (Å²) in [5.41, 5.74) is 6.08. The van der Waals surface area contributed by atoms with Gasteiger partial charge in [-0.1, -0.05) is 12.1 Å². The van der Waals surface area contributed by atoms with E-state index in [1.807, 2.05) is 27.7 Å². The van der Waals surface area contributed by atoms with Crippen molar-refractivity contribution >= 4 is 30.9 Å². The highest BCUT2D eigenvalue weighted by atomic mass is 16.7. The van der Waals surface area contributed by atoms with Crippen LogP contribution in [0.25, 0.3) is 6.08 Å². The lowest BCUT2D eigenvalue weighted by atomic mass is 9.77. The number of anilines is 1. The minimum Gasteiger partial charge on any atom is -0.465 e. The number of methoxy groups -OCH3 is 1. The van der Waals surface area contributed by atoms with Crippen molar-refractivity contribution in [1.82, 2.24) is 5.32 Å². The number of esters is 1. The van der Waals surface area contributed by atoms with Gasteiger partial charge in [-0.05, 0) is 71.6 Å². The van der Waals surface area contributed by atoms with Crippen molar-refractivity contribution in [2.45, 2.75) is 65.3 Å². The molecule has 1 fully saturated rings. The Bertz CT molecular complexity index is 857. The van der Waals surface area contributed by atoms with Crippen LogP contribution in [0.15, 0.2) is 23.7 Å². The summed E-state index contributed by atoms with van der Waals surface area (Å²) in [5, 5.41) is 2.75. The molecule has 1 aliphatic rings. The fourth-order valence-electron chi connectivity index (χ4n) is 2.85. The molecule has 1 heterocycles. The molecule has 0 unspecified atom stereocenters. The highest BCUT2D eigenvalue weighted by Crippen LogP contribution is 2.38. The number of carbonyl (C=O) groups excluding carboxylic acids is 2. The zero-order valence-electron chi connectivity index (χ0n) is 19.6. The van der Waals surface area contributed by atoms with Crippen molar-refractivity contribution in [2.75, 3.05) is 19.4 Å². The van der Waals surface area contributed by atoms with Crippen LogP contribution in [-0.2, 0) is 18.8 Å². The Morgan fingerprint density at radius 1 is 1.16 bits per heavy atom. The van der Waals surface area contributed by atoms with Gasteiger partial charge in [0.05, 0.1) is 23.9 Å². The van der Waals surface area contributed by atoms with E-state index in [9.17, 15) is 9.59 Å². The van der Waals surface area contributed by atoms with Gasteiger partial charge in [0, 0.05) is 12.2 Å². The van der Waals surface area contributed by atoms with Crippen molar-refractivity contribution < 1.29 is 28.4 Å². The van der Waals surface area contributed by atoms with Crippen LogP contribution in [0, 0.1) is 0 Å². The third-order valence-corrected chi connectivity index (χ3v) is 5.23. The zero-order valence-corrected chi connectivity index (χ0v) is 19.6. The Morgan fingerprint density at radius 2 is 1.74 bits per heavy atom. The van der Waals surface area contributed by atoms with Gasteiger partial charge in [-0.3, -0.25) is 0 Å². The smallest absolute Gasteiger partial charge is 0.465 e.